The van der Waals surface area contributed by atoms with Crippen LogP contribution in [-0.2, 0) is 10.0 Å². The Morgan fingerprint density at radius 2 is 1.88 bits per heavy atom. The van der Waals surface area contributed by atoms with Crippen LogP contribution in [0.15, 0.2) is 47.4 Å². The van der Waals surface area contributed by atoms with Crippen molar-refractivity contribution in [2.24, 2.45) is 0 Å². The fraction of sp³-hybridized carbons (Fsp3) is 0.278. The lowest BCUT2D eigenvalue weighted by atomic mass is 10.2. The molecule has 2 aromatic carbocycles. The smallest absolute Gasteiger partial charge is 0.257 e. The average Bonchev–Trinajstić information content (AvgIpc) is 2.60. The van der Waals surface area contributed by atoms with Gasteiger partial charge >= 0.3 is 0 Å². The lowest BCUT2D eigenvalue weighted by molar-refractivity contribution is 0.102. The van der Waals surface area contributed by atoms with Crippen LogP contribution in [-0.4, -0.2) is 20.9 Å². The molecule has 2 rings (SSSR count). The van der Waals surface area contributed by atoms with Crippen LogP contribution in [0.1, 0.15) is 36.5 Å². The first-order valence-corrected chi connectivity index (χ1v) is 10.1. The van der Waals surface area contributed by atoms with Crippen LogP contribution in [0.3, 0.4) is 0 Å². The number of benzene rings is 2. The number of carbonyl (C=O) groups is 1. The molecule has 0 aliphatic carbocycles. The molecule has 1 amide bonds. The third-order valence-electron chi connectivity index (χ3n) is 3.69. The molecule has 8 heteroatoms. The predicted octanol–water partition coefficient (Wildman–Crippen LogP) is 4.20. The first-order chi connectivity index (χ1) is 12.3. The average molecular weight is 399 g/mol. The third-order valence-corrected chi connectivity index (χ3v) is 5.48. The van der Waals surface area contributed by atoms with Gasteiger partial charge in [0.2, 0.25) is 10.0 Å². The van der Waals surface area contributed by atoms with Crippen molar-refractivity contribution in [3.05, 3.63) is 58.9 Å². The molecular formula is C18H20ClFN2O3S. The van der Waals surface area contributed by atoms with Crippen LogP contribution < -0.4 is 10.0 Å². The Morgan fingerprint density at radius 1 is 1.15 bits per heavy atom. The minimum atomic E-state index is -3.79. The highest BCUT2D eigenvalue weighted by atomic mass is 35.5. The van der Waals surface area contributed by atoms with E-state index in [-0.39, 0.29) is 21.2 Å². The molecule has 140 valence electrons. The van der Waals surface area contributed by atoms with Gasteiger partial charge in [-0.15, -0.1) is 0 Å². The van der Waals surface area contributed by atoms with E-state index in [2.05, 4.69) is 10.0 Å². The number of sulfonamides is 1. The number of hydrogen-bond acceptors (Lipinski definition) is 3. The Labute approximate surface area is 157 Å². The zero-order valence-corrected chi connectivity index (χ0v) is 15.8. The van der Waals surface area contributed by atoms with Gasteiger partial charge in [0.25, 0.3) is 5.91 Å². The maximum atomic E-state index is 14.3. The Kier molecular flexibility index (Phi) is 7.14. The van der Waals surface area contributed by atoms with Crippen LogP contribution in [0.2, 0.25) is 5.02 Å². The van der Waals surface area contributed by atoms with Crippen molar-refractivity contribution in [3.63, 3.8) is 0 Å². The number of halogens is 2. The highest BCUT2D eigenvalue weighted by Gasteiger charge is 2.17. The number of nitrogens with one attached hydrogen (secondary N) is 2. The standard InChI is InChI=1S/C18H20ClFN2O3S/c1-2-3-6-11-21-26(24,25)13-9-10-17(16(20)12-13)22-18(23)14-7-4-5-8-15(14)19/h4-5,7-10,12,21H,2-3,6,11H2,1H3,(H,22,23). The normalized spacial score (nSPS) is 11.3. The van der Waals surface area contributed by atoms with Gasteiger partial charge < -0.3 is 5.32 Å². The van der Waals surface area contributed by atoms with Crippen molar-refractivity contribution >= 4 is 33.2 Å². The van der Waals surface area contributed by atoms with Gasteiger partial charge in [-0.05, 0) is 36.8 Å². The summed E-state index contributed by atoms with van der Waals surface area (Å²) in [5, 5.41) is 2.63. The topological polar surface area (TPSA) is 75.3 Å². The van der Waals surface area contributed by atoms with Crippen molar-refractivity contribution in [1.82, 2.24) is 4.72 Å². The zero-order valence-electron chi connectivity index (χ0n) is 14.3. The summed E-state index contributed by atoms with van der Waals surface area (Å²) < 4.78 is 41.0. The zero-order chi connectivity index (χ0) is 19.2. The van der Waals surface area contributed by atoms with Gasteiger partial charge in [-0.3, -0.25) is 4.79 Å². The summed E-state index contributed by atoms with van der Waals surface area (Å²) in [6.45, 7) is 2.31. The van der Waals surface area contributed by atoms with Gasteiger partial charge in [0, 0.05) is 6.54 Å². The minimum Gasteiger partial charge on any atom is -0.319 e. The van der Waals surface area contributed by atoms with Crippen LogP contribution in [0.25, 0.3) is 0 Å². The largest absolute Gasteiger partial charge is 0.319 e. The van der Waals surface area contributed by atoms with E-state index >= 15 is 0 Å². The Morgan fingerprint density at radius 3 is 2.54 bits per heavy atom. The van der Waals surface area contributed by atoms with E-state index in [0.29, 0.717) is 13.0 Å². The van der Waals surface area contributed by atoms with Gasteiger partial charge in [-0.2, -0.15) is 0 Å². The monoisotopic (exact) mass is 398 g/mol. The van der Waals surface area contributed by atoms with E-state index in [1.165, 1.54) is 18.2 Å². The number of rotatable bonds is 8. The molecular weight excluding hydrogens is 379 g/mol. The Balaban J connectivity index is 2.12. The van der Waals surface area contributed by atoms with E-state index in [4.69, 9.17) is 11.6 Å². The summed E-state index contributed by atoms with van der Waals surface area (Å²) in [6.07, 6.45) is 2.59. The lowest BCUT2D eigenvalue weighted by Gasteiger charge is -2.10. The van der Waals surface area contributed by atoms with Crippen LogP contribution in [0, 0.1) is 5.82 Å². The van der Waals surface area contributed by atoms with Gasteiger partial charge in [-0.1, -0.05) is 43.5 Å². The summed E-state index contributed by atoms with van der Waals surface area (Å²) in [7, 11) is -3.79. The van der Waals surface area contributed by atoms with E-state index < -0.39 is 21.7 Å². The fourth-order valence-corrected chi connectivity index (χ4v) is 3.57. The molecule has 0 atom stereocenters. The number of unbranched alkanes of at least 4 members (excludes halogenated alkanes) is 2. The summed E-state index contributed by atoms with van der Waals surface area (Å²) >= 11 is 5.94. The number of anilines is 1. The van der Waals surface area contributed by atoms with Gasteiger partial charge in [-0.25, -0.2) is 17.5 Å². The predicted molar refractivity (Wildman–Crippen MR) is 101 cm³/mol. The molecule has 26 heavy (non-hydrogen) atoms. The highest BCUT2D eigenvalue weighted by Crippen LogP contribution is 2.21. The van der Waals surface area contributed by atoms with Crippen molar-refractivity contribution in [1.29, 1.82) is 0 Å². The van der Waals surface area contributed by atoms with Crippen molar-refractivity contribution in [3.8, 4) is 0 Å². The SMILES string of the molecule is CCCCCNS(=O)(=O)c1ccc(NC(=O)c2ccccc2Cl)c(F)c1. The molecule has 0 fully saturated rings. The summed E-state index contributed by atoms with van der Waals surface area (Å²) in [5.74, 6) is -1.43. The molecule has 5 nitrogen and oxygen atoms in total. The summed E-state index contributed by atoms with van der Waals surface area (Å²) in [4.78, 5) is 12.0. The molecule has 0 aliphatic heterocycles. The number of amides is 1. The maximum absolute atomic E-state index is 14.3. The second kappa shape index (κ2) is 9.12. The maximum Gasteiger partial charge on any atom is 0.257 e. The first kappa shape index (κ1) is 20.4. The molecule has 0 aromatic heterocycles. The number of hydrogen-bond donors (Lipinski definition) is 2. The van der Waals surface area contributed by atoms with Gasteiger partial charge in [0.1, 0.15) is 5.82 Å². The number of carbonyl (C=O) groups excluding carboxylic acids is 1. The van der Waals surface area contributed by atoms with E-state index in [0.717, 1.165) is 18.9 Å². The molecule has 0 saturated heterocycles. The lowest BCUT2D eigenvalue weighted by Crippen LogP contribution is -2.25. The summed E-state index contributed by atoms with van der Waals surface area (Å²) in [6, 6.07) is 9.70. The highest BCUT2D eigenvalue weighted by molar-refractivity contribution is 7.89. The van der Waals surface area contributed by atoms with Crippen LogP contribution >= 0.6 is 11.6 Å². The van der Waals surface area contributed by atoms with Crippen molar-refractivity contribution in [2.75, 3.05) is 11.9 Å². The van der Waals surface area contributed by atoms with Crippen molar-refractivity contribution in [2.45, 2.75) is 31.1 Å². The second-order valence-electron chi connectivity index (χ2n) is 5.68. The Bertz CT molecular complexity index is 888. The third kappa shape index (κ3) is 5.27. The van der Waals surface area contributed by atoms with Gasteiger partial charge in [0.15, 0.2) is 0 Å². The molecule has 0 bridgehead atoms. The molecule has 0 radical (unpaired) electrons. The second-order valence-corrected chi connectivity index (χ2v) is 7.85. The van der Waals surface area contributed by atoms with Crippen molar-refractivity contribution < 1.29 is 17.6 Å². The van der Waals surface area contributed by atoms with E-state index in [1.54, 1.807) is 18.2 Å². The van der Waals surface area contributed by atoms with Crippen LogP contribution in [0.4, 0.5) is 10.1 Å². The molecule has 0 saturated carbocycles. The molecule has 0 aliphatic rings. The quantitative estimate of drug-likeness (QED) is 0.654. The van der Waals surface area contributed by atoms with Crippen LogP contribution in [0.5, 0.6) is 0 Å². The molecule has 0 heterocycles. The first-order valence-electron chi connectivity index (χ1n) is 8.20. The molecule has 0 spiro atoms. The van der Waals surface area contributed by atoms with E-state index in [1.807, 2.05) is 6.92 Å². The van der Waals surface area contributed by atoms with E-state index in [9.17, 15) is 17.6 Å². The molecule has 0 unspecified atom stereocenters. The fourth-order valence-electron chi connectivity index (χ4n) is 2.26. The molecule has 2 N–H and O–H groups in total. The minimum absolute atomic E-state index is 0.125. The Hall–Kier alpha value is -1.96. The molecule has 2 aromatic rings. The van der Waals surface area contributed by atoms with Gasteiger partial charge in [0.05, 0.1) is 21.2 Å². The summed E-state index contributed by atoms with van der Waals surface area (Å²) in [5.41, 5.74) is 0.0720.